The fourth-order valence-corrected chi connectivity index (χ4v) is 3.13. The molecular weight excluding hydrogens is 344 g/mol. The second-order valence-electron chi connectivity index (χ2n) is 5.19. The molecule has 25 heavy (non-hydrogen) atoms. The Labute approximate surface area is 149 Å². The van der Waals surface area contributed by atoms with Crippen molar-refractivity contribution in [1.82, 2.24) is 4.90 Å². The Kier molecular flexibility index (Phi) is 5.87. The van der Waals surface area contributed by atoms with Crippen molar-refractivity contribution < 1.29 is 24.2 Å². The van der Waals surface area contributed by atoms with Crippen molar-refractivity contribution in [2.45, 2.75) is 13.3 Å². The topological polar surface area (TPSA) is 110 Å². The lowest BCUT2D eigenvalue weighted by atomic mass is 10.1. The van der Waals surface area contributed by atoms with Gasteiger partial charge in [-0.3, -0.25) is 19.3 Å². The Morgan fingerprint density at radius 3 is 2.76 bits per heavy atom. The minimum Gasteiger partial charge on any atom is -0.504 e. The van der Waals surface area contributed by atoms with E-state index in [1.165, 1.54) is 6.08 Å². The maximum Gasteiger partial charge on any atom is 0.294 e. The Morgan fingerprint density at radius 2 is 2.16 bits per heavy atom. The lowest BCUT2D eigenvalue weighted by molar-refractivity contribution is -0.127. The van der Waals surface area contributed by atoms with Gasteiger partial charge >= 0.3 is 0 Å². The van der Waals surface area contributed by atoms with Gasteiger partial charge in [-0.05, 0) is 48.9 Å². The van der Waals surface area contributed by atoms with Gasteiger partial charge in [0.2, 0.25) is 5.91 Å². The molecule has 1 fully saturated rings. The summed E-state index contributed by atoms with van der Waals surface area (Å²) in [4.78, 5) is 36.1. The standard InChI is InChI=1S/C17H18N2O5S/c1-3-5-11-6-10(7-12(15(11)21)24-4-2)8-13-16(22)19(9-14(18)20)17(23)25-13/h3,6-8,21H,1,4-5,9H2,2H3,(H2,18,20)/b13-8-. The number of hydrogen-bond donors (Lipinski definition) is 2. The molecule has 0 bridgehead atoms. The number of nitrogens with zero attached hydrogens (tertiary/aromatic N) is 1. The third-order valence-electron chi connectivity index (χ3n) is 3.33. The number of phenolic OH excluding ortho intramolecular Hbond substituents is 1. The van der Waals surface area contributed by atoms with Crippen LogP contribution >= 0.6 is 11.8 Å². The highest BCUT2D eigenvalue weighted by Crippen LogP contribution is 2.36. The van der Waals surface area contributed by atoms with E-state index in [0.29, 0.717) is 24.2 Å². The number of phenols is 1. The summed E-state index contributed by atoms with van der Waals surface area (Å²) < 4.78 is 5.41. The number of hydrogen-bond acceptors (Lipinski definition) is 6. The van der Waals surface area contributed by atoms with E-state index < -0.39 is 23.6 Å². The normalized spacial score (nSPS) is 15.7. The van der Waals surface area contributed by atoms with Gasteiger partial charge in [0.15, 0.2) is 11.5 Å². The van der Waals surface area contributed by atoms with E-state index >= 15 is 0 Å². The number of primary amides is 1. The van der Waals surface area contributed by atoms with Crippen LogP contribution in [0.1, 0.15) is 18.1 Å². The van der Waals surface area contributed by atoms with Crippen molar-refractivity contribution in [3.63, 3.8) is 0 Å². The zero-order valence-electron chi connectivity index (χ0n) is 13.7. The maximum absolute atomic E-state index is 12.3. The molecule has 0 aromatic heterocycles. The van der Waals surface area contributed by atoms with Gasteiger partial charge in [-0.1, -0.05) is 6.08 Å². The van der Waals surface area contributed by atoms with Crippen molar-refractivity contribution in [2.24, 2.45) is 5.73 Å². The monoisotopic (exact) mass is 362 g/mol. The molecule has 1 saturated heterocycles. The molecule has 3 N–H and O–H groups in total. The third kappa shape index (κ3) is 4.21. The SMILES string of the molecule is C=CCc1cc(/C=C2\SC(=O)N(CC(N)=O)C2=O)cc(OCC)c1O. The van der Waals surface area contributed by atoms with Gasteiger partial charge in [0.25, 0.3) is 11.1 Å². The van der Waals surface area contributed by atoms with Crippen LogP contribution in [0.15, 0.2) is 29.7 Å². The van der Waals surface area contributed by atoms with Crippen LogP contribution < -0.4 is 10.5 Å². The second kappa shape index (κ2) is 7.89. The highest BCUT2D eigenvalue weighted by molar-refractivity contribution is 8.18. The number of amides is 3. The molecule has 0 aliphatic carbocycles. The number of rotatable bonds is 7. The average Bonchev–Trinajstić information content (AvgIpc) is 2.79. The molecule has 0 radical (unpaired) electrons. The van der Waals surface area contributed by atoms with E-state index in [-0.39, 0.29) is 16.4 Å². The molecule has 0 unspecified atom stereocenters. The van der Waals surface area contributed by atoms with Crippen molar-refractivity contribution in [3.8, 4) is 11.5 Å². The van der Waals surface area contributed by atoms with Gasteiger partial charge in [-0.15, -0.1) is 6.58 Å². The van der Waals surface area contributed by atoms with Gasteiger partial charge < -0.3 is 15.6 Å². The molecule has 1 heterocycles. The average molecular weight is 362 g/mol. The lowest BCUT2D eigenvalue weighted by Gasteiger charge is -2.11. The smallest absolute Gasteiger partial charge is 0.294 e. The minimum absolute atomic E-state index is 0.0146. The Balaban J connectivity index is 2.39. The summed E-state index contributed by atoms with van der Waals surface area (Å²) in [6, 6.07) is 3.26. The molecule has 1 aliphatic rings. The first-order chi connectivity index (χ1) is 11.9. The first-order valence-corrected chi connectivity index (χ1v) is 8.32. The molecule has 3 amide bonds. The summed E-state index contributed by atoms with van der Waals surface area (Å²) in [5, 5.41) is 9.64. The third-order valence-corrected chi connectivity index (χ3v) is 4.23. The van der Waals surface area contributed by atoms with Crippen LogP contribution in [-0.2, 0) is 16.0 Å². The molecule has 0 spiro atoms. The van der Waals surface area contributed by atoms with Crippen molar-refractivity contribution in [2.75, 3.05) is 13.2 Å². The van der Waals surface area contributed by atoms with Crippen LogP contribution in [0, 0.1) is 0 Å². The zero-order valence-corrected chi connectivity index (χ0v) is 14.5. The Hall–Kier alpha value is -2.74. The van der Waals surface area contributed by atoms with Gasteiger partial charge in [0.05, 0.1) is 11.5 Å². The number of thioether (sulfide) groups is 1. The van der Waals surface area contributed by atoms with Gasteiger partial charge in [0.1, 0.15) is 6.54 Å². The number of benzene rings is 1. The minimum atomic E-state index is -0.764. The molecule has 1 aliphatic heterocycles. The summed E-state index contributed by atoms with van der Waals surface area (Å²) in [5.41, 5.74) is 6.22. The molecule has 132 valence electrons. The van der Waals surface area contributed by atoms with Crippen LogP contribution in [0.25, 0.3) is 6.08 Å². The van der Waals surface area contributed by atoms with Crippen molar-refractivity contribution in [1.29, 1.82) is 0 Å². The maximum atomic E-state index is 12.3. The second-order valence-corrected chi connectivity index (χ2v) is 6.18. The number of carbonyl (C=O) groups excluding carboxylic acids is 3. The summed E-state index contributed by atoms with van der Waals surface area (Å²) in [5.74, 6) is -1.05. The Bertz CT molecular complexity index is 773. The number of ether oxygens (including phenoxy) is 1. The number of nitrogens with two attached hydrogens (primary N) is 1. The predicted octanol–water partition coefficient (Wildman–Crippen LogP) is 2.04. The number of allylic oxidation sites excluding steroid dienone is 1. The van der Waals surface area contributed by atoms with E-state index in [0.717, 1.165) is 16.7 Å². The fourth-order valence-electron chi connectivity index (χ4n) is 2.29. The first kappa shape index (κ1) is 18.6. The molecule has 7 nitrogen and oxygen atoms in total. The highest BCUT2D eigenvalue weighted by Gasteiger charge is 2.35. The largest absolute Gasteiger partial charge is 0.504 e. The molecule has 1 aromatic rings. The van der Waals surface area contributed by atoms with Crippen LogP contribution in [0.2, 0.25) is 0 Å². The molecule has 0 saturated carbocycles. The predicted molar refractivity (Wildman–Crippen MR) is 95.0 cm³/mol. The van der Waals surface area contributed by atoms with Crippen molar-refractivity contribution in [3.05, 3.63) is 40.8 Å². The molecule has 8 heteroatoms. The molecule has 1 aromatic carbocycles. The fraction of sp³-hybridized carbons (Fsp3) is 0.235. The lowest BCUT2D eigenvalue weighted by Crippen LogP contribution is -2.36. The number of carbonyl (C=O) groups is 3. The van der Waals surface area contributed by atoms with Gasteiger partial charge in [-0.25, -0.2) is 0 Å². The van der Waals surface area contributed by atoms with Crippen LogP contribution in [0.4, 0.5) is 4.79 Å². The summed E-state index contributed by atoms with van der Waals surface area (Å²) in [6.07, 6.45) is 3.56. The summed E-state index contributed by atoms with van der Waals surface area (Å²) >= 11 is 0.729. The van der Waals surface area contributed by atoms with E-state index in [1.54, 1.807) is 25.1 Å². The van der Waals surface area contributed by atoms with E-state index in [4.69, 9.17) is 10.5 Å². The quantitative estimate of drug-likeness (QED) is 0.567. The number of aromatic hydroxyl groups is 1. The van der Waals surface area contributed by atoms with Gasteiger partial charge in [0, 0.05) is 5.56 Å². The van der Waals surface area contributed by atoms with Crippen LogP contribution in [0.5, 0.6) is 11.5 Å². The Morgan fingerprint density at radius 1 is 1.44 bits per heavy atom. The number of imide groups is 1. The zero-order chi connectivity index (χ0) is 18.6. The summed E-state index contributed by atoms with van der Waals surface area (Å²) in [7, 11) is 0. The van der Waals surface area contributed by atoms with E-state index in [9.17, 15) is 19.5 Å². The van der Waals surface area contributed by atoms with Gasteiger partial charge in [-0.2, -0.15) is 0 Å². The highest BCUT2D eigenvalue weighted by atomic mass is 32.2. The van der Waals surface area contributed by atoms with Crippen LogP contribution in [-0.4, -0.2) is 40.2 Å². The van der Waals surface area contributed by atoms with E-state index in [2.05, 4.69) is 6.58 Å². The molecular formula is C17H18N2O5S. The van der Waals surface area contributed by atoms with E-state index in [1.807, 2.05) is 0 Å². The van der Waals surface area contributed by atoms with Crippen molar-refractivity contribution >= 4 is 34.9 Å². The molecule has 2 rings (SSSR count). The summed E-state index contributed by atoms with van der Waals surface area (Å²) in [6.45, 7) is 5.34. The molecule has 0 atom stereocenters. The first-order valence-electron chi connectivity index (χ1n) is 7.50. The van der Waals surface area contributed by atoms with Crippen LogP contribution in [0.3, 0.4) is 0 Å².